The first kappa shape index (κ1) is 12.8. The molecule has 102 valence electrons. The number of nitrogens with zero attached hydrogens (tertiary/aromatic N) is 1. The zero-order chi connectivity index (χ0) is 13.5. The van der Waals surface area contributed by atoms with Gasteiger partial charge in [0.2, 0.25) is 0 Å². The van der Waals surface area contributed by atoms with Crippen molar-refractivity contribution in [2.45, 2.75) is 25.7 Å². The number of rotatable bonds is 2. The van der Waals surface area contributed by atoms with Crippen LogP contribution in [0.25, 0.3) is 0 Å². The van der Waals surface area contributed by atoms with E-state index in [1.165, 1.54) is 37.1 Å². The molecule has 1 aliphatic carbocycles. The second kappa shape index (κ2) is 4.73. The monoisotopic (exact) mass is 259 g/mol. The van der Waals surface area contributed by atoms with Gasteiger partial charge in [-0.1, -0.05) is 12.1 Å². The summed E-state index contributed by atoms with van der Waals surface area (Å²) in [6.07, 6.45) is 4.73. The van der Waals surface area contributed by atoms with Crippen LogP contribution in [0.3, 0.4) is 0 Å². The highest BCUT2D eigenvalue weighted by atomic mass is 16.3. The van der Waals surface area contributed by atoms with Gasteiger partial charge in [-0.2, -0.15) is 0 Å². The van der Waals surface area contributed by atoms with Crippen molar-refractivity contribution in [2.75, 3.05) is 26.7 Å². The summed E-state index contributed by atoms with van der Waals surface area (Å²) < 4.78 is 0. The number of carbonyl (C=O) groups is 1. The van der Waals surface area contributed by atoms with Gasteiger partial charge in [-0.05, 0) is 61.9 Å². The van der Waals surface area contributed by atoms with Crippen molar-refractivity contribution in [1.82, 2.24) is 4.90 Å². The number of hydrogen-bond donors (Lipinski definition) is 1. The Bertz CT molecular complexity index is 511. The Labute approximate surface area is 114 Å². The Morgan fingerprint density at radius 2 is 2.21 bits per heavy atom. The van der Waals surface area contributed by atoms with Crippen molar-refractivity contribution in [3.05, 3.63) is 34.9 Å². The Kier molecular flexibility index (Phi) is 3.19. The summed E-state index contributed by atoms with van der Waals surface area (Å²) in [7, 11) is 2.19. The Balaban J connectivity index is 1.88. The zero-order valence-corrected chi connectivity index (χ0v) is 11.5. The summed E-state index contributed by atoms with van der Waals surface area (Å²) in [5.41, 5.74) is 3.78. The number of fused-ring (bicyclic) bond motifs is 1. The van der Waals surface area contributed by atoms with Crippen molar-refractivity contribution in [3.63, 3.8) is 0 Å². The van der Waals surface area contributed by atoms with Crippen LogP contribution in [-0.2, 0) is 12.8 Å². The first-order valence-corrected chi connectivity index (χ1v) is 7.06. The number of ketones is 1. The lowest BCUT2D eigenvalue weighted by molar-refractivity contribution is 0.0903. The molecule has 1 aliphatic heterocycles. The summed E-state index contributed by atoms with van der Waals surface area (Å²) in [6, 6.07) is 5.94. The third-order valence-electron chi connectivity index (χ3n) is 4.79. The molecule has 3 heteroatoms. The number of hydrogen-bond acceptors (Lipinski definition) is 3. The average Bonchev–Trinajstić information content (AvgIpc) is 2.78. The van der Waals surface area contributed by atoms with E-state index in [0.717, 1.165) is 12.8 Å². The van der Waals surface area contributed by atoms with E-state index in [9.17, 15) is 4.79 Å². The molecule has 1 atom stereocenters. The van der Waals surface area contributed by atoms with E-state index in [2.05, 4.69) is 18.0 Å². The Morgan fingerprint density at radius 1 is 1.37 bits per heavy atom. The second-order valence-electron chi connectivity index (χ2n) is 6.23. The molecule has 19 heavy (non-hydrogen) atoms. The highest BCUT2D eigenvalue weighted by Crippen LogP contribution is 2.42. The molecule has 1 unspecified atom stereocenters. The highest BCUT2D eigenvalue weighted by molar-refractivity contribution is 5.97. The Hall–Kier alpha value is -1.19. The molecule has 1 heterocycles. The lowest BCUT2D eigenvalue weighted by Gasteiger charge is -2.34. The number of aliphatic hydroxyl groups excluding tert-OH is 1. The molecular formula is C16H21NO2. The molecule has 0 saturated carbocycles. The molecule has 1 aromatic carbocycles. The van der Waals surface area contributed by atoms with Gasteiger partial charge < -0.3 is 10.0 Å². The van der Waals surface area contributed by atoms with Gasteiger partial charge in [0.1, 0.15) is 6.61 Å². The van der Waals surface area contributed by atoms with Crippen molar-refractivity contribution in [1.29, 1.82) is 0 Å². The largest absolute Gasteiger partial charge is 0.388 e. The van der Waals surface area contributed by atoms with Crippen molar-refractivity contribution in [3.8, 4) is 0 Å². The molecule has 2 aliphatic rings. The summed E-state index contributed by atoms with van der Waals surface area (Å²) in [4.78, 5) is 14.0. The fourth-order valence-corrected chi connectivity index (χ4v) is 3.70. The van der Waals surface area contributed by atoms with Crippen LogP contribution < -0.4 is 0 Å². The first-order chi connectivity index (χ1) is 9.12. The molecule has 1 aromatic rings. The molecule has 0 aromatic heterocycles. The summed E-state index contributed by atoms with van der Waals surface area (Å²) >= 11 is 0. The number of aryl methyl sites for hydroxylation is 1. The maximum absolute atomic E-state index is 11.6. The van der Waals surface area contributed by atoms with E-state index >= 15 is 0 Å². The maximum atomic E-state index is 11.6. The van der Waals surface area contributed by atoms with E-state index in [1.807, 2.05) is 12.1 Å². The van der Waals surface area contributed by atoms with Crippen LogP contribution in [0.15, 0.2) is 18.2 Å². The summed E-state index contributed by atoms with van der Waals surface area (Å²) in [5.74, 6) is -0.175. The highest BCUT2D eigenvalue weighted by Gasteiger charge is 2.39. The van der Waals surface area contributed by atoms with E-state index in [1.54, 1.807) is 0 Å². The van der Waals surface area contributed by atoms with Gasteiger partial charge in [-0.15, -0.1) is 0 Å². The molecule has 0 amide bonds. The van der Waals surface area contributed by atoms with E-state index in [4.69, 9.17) is 5.11 Å². The second-order valence-corrected chi connectivity index (χ2v) is 6.23. The molecule has 0 bridgehead atoms. The van der Waals surface area contributed by atoms with E-state index in [-0.39, 0.29) is 5.78 Å². The topological polar surface area (TPSA) is 40.5 Å². The molecule has 3 rings (SSSR count). The maximum Gasteiger partial charge on any atom is 0.188 e. The third kappa shape index (κ3) is 2.33. The summed E-state index contributed by atoms with van der Waals surface area (Å²) in [5, 5.41) is 8.98. The fraction of sp³-hybridized carbons (Fsp3) is 0.562. The molecule has 1 fully saturated rings. The third-order valence-corrected chi connectivity index (χ3v) is 4.79. The van der Waals surface area contributed by atoms with E-state index in [0.29, 0.717) is 11.0 Å². The van der Waals surface area contributed by atoms with Crippen LogP contribution in [0.5, 0.6) is 0 Å². The number of aliphatic hydroxyl groups is 1. The van der Waals surface area contributed by atoms with Crippen LogP contribution >= 0.6 is 0 Å². The molecule has 0 radical (unpaired) electrons. The lowest BCUT2D eigenvalue weighted by atomic mass is 9.71. The molecule has 1 N–H and O–H groups in total. The van der Waals surface area contributed by atoms with Gasteiger partial charge >= 0.3 is 0 Å². The minimum absolute atomic E-state index is 0.175. The van der Waals surface area contributed by atoms with Crippen molar-refractivity contribution in [2.24, 2.45) is 5.41 Å². The minimum Gasteiger partial charge on any atom is -0.388 e. The lowest BCUT2D eigenvalue weighted by Crippen LogP contribution is -2.31. The normalized spacial score (nSPS) is 26.6. The molecule has 1 saturated heterocycles. The summed E-state index contributed by atoms with van der Waals surface area (Å²) in [6.45, 7) is 1.96. The van der Waals surface area contributed by atoms with Gasteiger partial charge in [0.05, 0.1) is 0 Å². The number of carbonyl (C=O) groups excluding carboxylic acids is 1. The van der Waals surface area contributed by atoms with Gasteiger partial charge in [-0.3, -0.25) is 4.79 Å². The van der Waals surface area contributed by atoms with Crippen LogP contribution in [0.4, 0.5) is 0 Å². The molecule has 1 spiro atoms. The smallest absolute Gasteiger partial charge is 0.188 e. The van der Waals surface area contributed by atoms with Crippen LogP contribution in [-0.4, -0.2) is 42.5 Å². The number of Topliss-reactive ketones (excluding diaryl/α,β-unsaturated/α-hetero) is 1. The van der Waals surface area contributed by atoms with Crippen LogP contribution in [0, 0.1) is 5.41 Å². The van der Waals surface area contributed by atoms with E-state index < -0.39 is 6.61 Å². The predicted octanol–water partition coefficient (Wildman–Crippen LogP) is 1.67. The SMILES string of the molecule is CN1CCC2(CCc3ccc(C(=O)CO)cc3C2)C1. The fourth-order valence-electron chi connectivity index (χ4n) is 3.70. The zero-order valence-electron chi connectivity index (χ0n) is 11.5. The quantitative estimate of drug-likeness (QED) is 0.821. The van der Waals surface area contributed by atoms with Crippen molar-refractivity contribution < 1.29 is 9.90 Å². The number of benzene rings is 1. The van der Waals surface area contributed by atoms with Gasteiger partial charge in [0.25, 0.3) is 0 Å². The Morgan fingerprint density at radius 3 is 2.89 bits per heavy atom. The predicted molar refractivity (Wildman–Crippen MR) is 74.4 cm³/mol. The van der Waals surface area contributed by atoms with Crippen molar-refractivity contribution >= 4 is 5.78 Å². The number of likely N-dealkylation sites (tertiary alicyclic amines) is 1. The average molecular weight is 259 g/mol. The van der Waals surface area contributed by atoms with Gasteiger partial charge in [0, 0.05) is 12.1 Å². The first-order valence-electron chi connectivity index (χ1n) is 7.06. The van der Waals surface area contributed by atoms with Gasteiger partial charge in [-0.25, -0.2) is 0 Å². The standard InChI is InChI=1S/C16H21NO2/c1-17-7-6-16(11-17)5-4-12-2-3-13(15(19)10-18)8-14(12)9-16/h2-3,8,18H,4-7,9-11H2,1H3. The van der Waals surface area contributed by atoms with Crippen LogP contribution in [0.2, 0.25) is 0 Å². The van der Waals surface area contributed by atoms with Gasteiger partial charge in [0.15, 0.2) is 5.78 Å². The molecule has 3 nitrogen and oxygen atoms in total. The van der Waals surface area contributed by atoms with Crippen LogP contribution in [0.1, 0.15) is 34.3 Å². The minimum atomic E-state index is -0.396. The molecular weight excluding hydrogens is 238 g/mol.